The summed E-state index contributed by atoms with van der Waals surface area (Å²) in [5.41, 5.74) is 1.13. The van der Waals surface area contributed by atoms with Crippen molar-refractivity contribution in [1.29, 1.82) is 0 Å². The van der Waals surface area contributed by atoms with Gasteiger partial charge in [-0.25, -0.2) is 4.79 Å². The first-order chi connectivity index (χ1) is 14.7. The molecule has 1 amide bonds. The van der Waals surface area contributed by atoms with Gasteiger partial charge in [0.15, 0.2) is 0 Å². The minimum Gasteiger partial charge on any atom is -0.475 e. The Labute approximate surface area is 180 Å². The SMILES string of the molecule is O=C(O)C(F)(F)F.O=C(c1ccccc1)N1CCC2(CC1)COC(CN1CCCC1)C2. The molecule has 31 heavy (non-hydrogen) atoms. The molecule has 0 aromatic heterocycles. The zero-order chi connectivity index (χ0) is 22.5. The third-order valence-corrected chi connectivity index (χ3v) is 6.32. The summed E-state index contributed by atoms with van der Waals surface area (Å²) in [6, 6.07) is 9.66. The highest BCUT2D eigenvalue weighted by Crippen LogP contribution is 2.42. The topological polar surface area (TPSA) is 70.1 Å². The zero-order valence-corrected chi connectivity index (χ0v) is 17.4. The third kappa shape index (κ3) is 6.43. The zero-order valence-electron chi connectivity index (χ0n) is 17.4. The van der Waals surface area contributed by atoms with E-state index in [-0.39, 0.29) is 5.91 Å². The van der Waals surface area contributed by atoms with Crippen LogP contribution in [0, 0.1) is 5.41 Å². The molecule has 1 unspecified atom stereocenters. The number of carbonyl (C=O) groups is 2. The summed E-state index contributed by atoms with van der Waals surface area (Å²) in [6.07, 6.45) is 1.35. The fourth-order valence-corrected chi connectivity index (χ4v) is 4.56. The molecular weight excluding hydrogens is 413 g/mol. The summed E-state index contributed by atoms with van der Waals surface area (Å²) < 4.78 is 37.9. The van der Waals surface area contributed by atoms with E-state index in [2.05, 4.69) is 4.90 Å². The molecule has 1 atom stereocenters. The van der Waals surface area contributed by atoms with Crippen molar-refractivity contribution in [3.8, 4) is 0 Å². The van der Waals surface area contributed by atoms with Gasteiger partial charge in [0.25, 0.3) is 5.91 Å². The molecule has 3 fully saturated rings. The Morgan fingerprint density at radius 3 is 2.19 bits per heavy atom. The molecule has 6 nitrogen and oxygen atoms in total. The van der Waals surface area contributed by atoms with Crippen LogP contribution in [0.4, 0.5) is 13.2 Å². The molecule has 3 saturated heterocycles. The molecule has 172 valence electrons. The number of hydrogen-bond acceptors (Lipinski definition) is 4. The van der Waals surface area contributed by atoms with Gasteiger partial charge in [-0.05, 0) is 62.7 Å². The smallest absolute Gasteiger partial charge is 0.475 e. The Morgan fingerprint density at radius 2 is 1.65 bits per heavy atom. The van der Waals surface area contributed by atoms with Gasteiger partial charge in [0.1, 0.15) is 0 Å². The molecule has 0 bridgehead atoms. The van der Waals surface area contributed by atoms with Gasteiger partial charge in [-0.15, -0.1) is 0 Å². The van der Waals surface area contributed by atoms with Crippen molar-refractivity contribution in [2.24, 2.45) is 5.41 Å². The number of carboxylic acid groups (broad SMARTS) is 1. The molecule has 1 aromatic rings. The number of ether oxygens (including phenoxy) is 1. The lowest BCUT2D eigenvalue weighted by Gasteiger charge is -2.38. The minimum absolute atomic E-state index is 0.179. The molecule has 3 heterocycles. The lowest BCUT2D eigenvalue weighted by Crippen LogP contribution is -2.43. The van der Waals surface area contributed by atoms with Crippen LogP contribution in [0.5, 0.6) is 0 Å². The molecule has 1 aromatic carbocycles. The van der Waals surface area contributed by atoms with Gasteiger partial charge < -0.3 is 19.6 Å². The monoisotopic (exact) mass is 442 g/mol. The van der Waals surface area contributed by atoms with Crippen molar-refractivity contribution >= 4 is 11.9 Å². The number of aliphatic carboxylic acids is 1. The fraction of sp³-hybridized carbons (Fsp3) is 0.636. The second-order valence-electron chi connectivity index (χ2n) is 8.61. The van der Waals surface area contributed by atoms with Crippen molar-refractivity contribution in [3.63, 3.8) is 0 Å². The van der Waals surface area contributed by atoms with Gasteiger partial charge in [-0.3, -0.25) is 4.79 Å². The van der Waals surface area contributed by atoms with E-state index in [0.717, 1.165) is 44.6 Å². The number of amides is 1. The van der Waals surface area contributed by atoms with E-state index < -0.39 is 12.1 Å². The number of piperidine rings is 1. The molecule has 0 radical (unpaired) electrons. The lowest BCUT2D eigenvalue weighted by molar-refractivity contribution is -0.192. The maximum atomic E-state index is 12.6. The molecule has 3 aliphatic heterocycles. The summed E-state index contributed by atoms with van der Waals surface area (Å²) in [7, 11) is 0. The lowest BCUT2D eigenvalue weighted by atomic mass is 9.76. The summed E-state index contributed by atoms with van der Waals surface area (Å²) in [6.45, 7) is 6.22. The first-order valence-corrected chi connectivity index (χ1v) is 10.7. The van der Waals surface area contributed by atoms with Gasteiger partial charge in [-0.1, -0.05) is 18.2 Å². The Bertz CT molecular complexity index is 743. The summed E-state index contributed by atoms with van der Waals surface area (Å²) in [4.78, 5) is 26.1. The number of likely N-dealkylation sites (tertiary alicyclic amines) is 2. The molecule has 0 saturated carbocycles. The largest absolute Gasteiger partial charge is 0.490 e. The fourth-order valence-electron chi connectivity index (χ4n) is 4.56. The van der Waals surface area contributed by atoms with E-state index in [0.29, 0.717) is 11.5 Å². The summed E-state index contributed by atoms with van der Waals surface area (Å²) >= 11 is 0. The highest BCUT2D eigenvalue weighted by Gasteiger charge is 2.43. The predicted octanol–water partition coefficient (Wildman–Crippen LogP) is 3.43. The number of carboxylic acids is 1. The first kappa shape index (κ1) is 23.5. The van der Waals surface area contributed by atoms with Crippen LogP contribution in [0.25, 0.3) is 0 Å². The van der Waals surface area contributed by atoms with Gasteiger partial charge in [-0.2, -0.15) is 13.2 Å². The van der Waals surface area contributed by atoms with Crippen LogP contribution in [-0.2, 0) is 9.53 Å². The Balaban J connectivity index is 0.000000339. The van der Waals surface area contributed by atoms with Crippen LogP contribution in [0.1, 0.15) is 42.5 Å². The predicted molar refractivity (Wildman–Crippen MR) is 108 cm³/mol. The van der Waals surface area contributed by atoms with Crippen molar-refractivity contribution in [3.05, 3.63) is 35.9 Å². The standard InChI is InChI=1S/C20H28N2O2.C2HF3O2/c23-19(17-6-2-1-3-7-17)22-12-8-20(9-13-22)14-18(24-16-20)15-21-10-4-5-11-21;3-2(4,5)1(6)7/h1-3,6-7,18H,4-5,8-16H2;(H,6,7). The summed E-state index contributed by atoms with van der Waals surface area (Å²) in [5.74, 6) is -2.58. The molecule has 4 rings (SSSR count). The molecule has 9 heteroatoms. The second-order valence-corrected chi connectivity index (χ2v) is 8.61. The van der Waals surface area contributed by atoms with Crippen LogP contribution >= 0.6 is 0 Å². The third-order valence-electron chi connectivity index (χ3n) is 6.32. The van der Waals surface area contributed by atoms with Gasteiger partial charge >= 0.3 is 12.1 Å². The quantitative estimate of drug-likeness (QED) is 0.777. The Morgan fingerprint density at radius 1 is 1.06 bits per heavy atom. The highest BCUT2D eigenvalue weighted by molar-refractivity contribution is 5.94. The van der Waals surface area contributed by atoms with E-state index in [1.165, 1.54) is 32.4 Å². The normalized spacial score (nSPS) is 23.5. The molecule has 1 N–H and O–H groups in total. The van der Waals surface area contributed by atoms with Crippen molar-refractivity contribution in [1.82, 2.24) is 9.80 Å². The number of halogens is 3. The minimum atomic E-state index is -5.08. The maximum Gasteiger partial charge on any atom is 0.490 e. The Kier molecular flexibility index (Phi) is 7.59. The molecule has 3 aliphatic rings. The van der Waals surface area contributed by atoms with Crippen molar-refractivity contribution in [2.45, 2.75) is 44.4 Å². The second kappa shape index (κ2) is 9.99. The van der Waals surface area contributed by atoms with E-state index >= 15 is 0 Å². The number of rotatable bonds is 3. The Hall–Kier alpha value is -2.13. The van der Waals surface area contributed by atoms with Gasteiger partial charge in [0.2, 0.25) is 0 Å². The number of carbonyl (C=O) groups excluding carboxylic acids is 1. The molecule has 0 aliphatic carbocycles. The number of alkyl halides is 3. The van der Waals surface area contributed by atoms with E-state index in [1.807, 2.05) is 35.2 Å². The van der Waals surface area contributed by atoms with Crippen LogP contribution in [0.2, 0.25) is 0 Å². The van der Waals surface area contributed by atoms with Crippen LogP contribution < -0.4 is 0 Å². The molecule has 1 spiro atoms. The van der Waals surface area contributed by atoms with Crippen molar-refractivity contribution < 1.29 is 32.6 Å². The average Bonchev–Trinajstić information content (AvgIpc) is 3.39. The van der Waals surface area contributed by atoms with Gasteiger partial charge in [0, 0.05) is 25.2 Å². The van der Waals surface area contributed by atoms with Crippen LogP contribution in [-0.4, -0.2) is 78.4 Å². The number of nitrogens with zero attached hydrogens (tertiary/aromatic N) is 2. The number of hydrogen-bond donors (Lipinski definition) is 1. The van der Waals surface area contributed by atoms with E-state index in [9.17, 15) is 18.0 Å². The average molecular weight is 442 g/mol. The van der Waals surface area contributed by atoms with Crippen LogP contribution in [0.15, 0.2) is 30.3 Å². The van der Waals surface area contributed by atoms with E-state index in [4.69, 9.17) is 14.6 Å². The number of benzene rings is 1. The van der Waals surface area contributed by atoms with Crippen molar-refractivity contribution in [2.75, 3.05) is 39.3 Å². The van der Waals surface area contributed by atoms with E-state index in [1.54, 1.807) is 0 Å². The van der Waals surface area contributed by atoms with Gasteiger partial charge in [0.05, 0.1) is 12.7 Å². The summed E-state index contributed by atoms with van der Waals surface area (Å²) in [5, 5.41) is 7.12. The maximum absolute atomic E-state index is 12.6. The van der Waals surface area contributed by atoms with Crippen LogP contribution in [0.3, 0.4) is 0 Å². The highest BCUT2D eigenvalue weighted by atomic mass is 19.4. The molecular formula is C22H29F3N2O4. The first-order valence-electron chi connectivity index (χ1n) is 10.7.